The number of unbranched alkanes of at least 4 members (excludes halogenated alkanes) is 28. The quantitative estimate of drug-likeness (QED) is 0.0261. The average molecular weight is 1100 g/mol. The molecule has 0 aromatic carbocycles. The number of carbonyl (C=O) groups is 3. The summed E-state index contributed by atoms with van der Waals surface area (Å²) in [4.78, 5) is 38.3. The second-order valence-electron chi connectivity index (χ2n) is 21.6. The van der Waals surface area contributed by atoms with Crippen LogP contribution >= 0.6 is 0 Å². The van der Waals surface area contributed by atoms with Crippen LogP contribution in [0.5, 0.6) is 0 Å². The molecule has 0 aromatic rings. The van der Waals surface area contributed by atoms with Crippen LogP contribution in [0, 0.1) is 0 Å². The van der Waals surface area contributed by atoms with Gasteiger partial charge in [-0.05, 0) is 128 Å². The summed E-state index contributed by atoms with van der Waals surface area (Å²) < 4.78 is 16.9. The van der Waals surface area contributed by atoms with E-state index in [1.807, 2.05) is 0 Å². The summed E-state index contributed by atoms with van der Waals surface area (Å²) in [7, 11) is 0. The molecule has 0 saturated heterocycles. The third-order valence-electron chi connectivity index (χ3n) is 13.9. The van der Waals surface area contributed by atoms with Crippen LogP contribution in [0.25, 0.3) is 0 Å². The van der Waals surface area contributed by atoms with Gasteiger partial charge in [0.1, 0.15) is 13.2 Å². The Morgan fingerprint density at radius 2 is 0.506 bits per heavy atom. The molecule has 0 bridgehead atoms. The standard InChI is InChI=1S/C73H122O6/c1-4-7-10-13-16-19-22-24-26-28-30-31-32-33-34-35-36-37-38-39-40-41-43-44-46-48-51-54-57-60-63-66-72(75)78-69-70(68-77-71(74)65-62-59-56-53-50-21-18-15-12-9-6-3)79-73(76)67-64-61-58-55-52-49-47-45-42-29-27-25-23-20-17-14-11-8-5-2/h7,10,15-16,18-19,24-27,30-31,33-34,36-37,39-40,43-44,70H,4-6,8-9,11-14,17,20-23,28-29,32,35,38,41-42,45-69H2,1-3H3/b10-7-,18-15-,19-16-,26-24-,27-25-,31-30-,34-33-,37-36-,40-39-,44-43-. The zero-order valence-corrected chi connectivity index (χ0v) is 51.6. The Balaban J connectivity index is 4.30. The minimum Gasteiger partial charge on any atom is -0.462 e. The van der Waals surface area contributed by atoms with E-state index in [4.69, 9.17) is 14.2 Å². The molecule has 0 spiro atoms. The largest absolute Gasteiger partial charge is 0.462 e. The molecule has 79 heavy (non-hydrogen) atoms. The minimum atomic E-state index is -0.792. The molecule has 1 atom stereocenters. The lowest BCUT2D eigenvalue weighted by Gasteiger charge is -2.18. The normalized spacial score (nSPS) is 12.9. The van der Waals surface area contributed by atoms with Gasteiger partial charge in [0.2, 0.25) is 0 Å². The topological polar surface area (TPSA) is 78.9 Å². The fourth-order valence-corrected chi connectivity index (χ4v) is 8.96. The van der Waals surface area contributed by atoms with Crippen molar-refractivity contribution in [2.45, 2.75) is 309 Å². The van der Waals surface area contributed by atoms with Crippen molar-refractivity contribution < 1.29 is 28.6 Å². The van der Waals surface area contributed by atoms with Gasteiger partial charge in [0, 0.05) is 19.3 Å². The van der Waals surface area contributed by atoms with Gasteiger partial charge in [-0.2, -0.15) is 0 Å². The number of carbonyl (C=O) groups excluding carboxylic acids is 3. The highest BCUT2D eigenvalue weighted by Gasteiger charge is 2.19. The lowest BCUT2D eigenvalue weighted by molar-refractivity contribution is -0.167. The first-order chi connectivity index (χ1) is 39.0. The van der Waals surface area contributed by atoms with Crippen molar-refractivity contribution in [3.8, 4) is 0 Å². The molecule has 6 nitrogen and oxygen atoms in total. The van der Waals surface area contributed by atoms with Crippen molar-refractivity contribution in [1.82, 2.24) is 0 Å². The van der Waals surface area contributed by atoms with E-state index in [9.17, 15) is 14.4 Å². The number of hydrogen-bond donors (Lipinski definition) is 0. The molecule has 0 amide bonds. The molecule has 6 heteroatoms. The summed E-state index contributed by atoms with van der Waals surface area (Å²) in [5.74, 6) is -0.909. The van der Waals surface area contributed by atoms with E-state index in [1.54, 1.807) is 0 Å². The van der Waals surface area contributed by atoms with Gasteiger partial charge in [0.25, 0.3) is 0 Å². The van der Waals surface area contributed by atoms with Crippen LogP contribution in [0.3, 0.4) is 0 Å². The molecule has 0 N–H and O–H groups in total. The van der Waals surface area contributed by atoms with E-state index >= 15 is 0 Å². The molecule has 0 saturated carbocycles. The molecule has 1 unspecified atom stereocenters. The average Bonchev–Trinajstić information content (AvgIpc) is 3.45. The number of esters is 3. The van der Waals surface area contributed by atoms with Crippen molar-refractivity contribution in [2.75, 3.05) is 13.2 Å². The van der Waals surface area contributed by atoms with Crippen LogP contribution in [0.15, 0.2) is 122 Å². The summed E-state index contributed by atoms with van der Waals surface area (Å²) in [5, 5.41) is 0. The van der Waals surface area contributed by atoms with Gasteiger partial charge in [-0.3, -0.25) is 14.4 Å². The number of ether oxygens (including phenoxy) is 3. The Kier molecular flexibility index (Phi) is 62.8. The zero-order chi connectivity index (χ0) is 57.1. The van der Waals surface area contributed by atoms with Crippen LogP contribution < -0.4 is 0 Å². The molecule has 0 aliphatic carbocycles. The molecule has 0 aliphatic heterocycles. The zero-order valence-electron chi connectivity index (χ0n) is 51.6. The Bertz CT molecular complexity index is 1640. The number of allylic oxidation sites excluding steroid dienone is 20. The predicted molar refractivity (Wildman–Crippen MR) is 343 cm³/mol. The predicted octanol–water partition coefficient (Wildman–Crippen LogP) is 22.8. The van der Waals surface area contributed by atoms with Crippen LogP contribution in [-0.4, -0.2) is 37.2 Å². The van der Waals surface area contributed by atoms with Crippen molar-refractivity contribution in [1.29, 1.82) is 0 Å². The smallest absolute Gasteiger partial charge is 0.306 e. The van der Waals surface area contributed by atoms with E-state index in [1.165, 1.54) is 135 Å². The van der Waals surface area contributed by atoms with Gasteiger partial charge in [-0.25, -0.2) is 0 Å². The molecule has 0 radical (unpaired) electrons. The molecule has 0 fully saturated rings. The van der Waals surface area contributed by atoms with Crippen LogP contribution in [-0.2, 0) is 28.6 Å². The van der Waals surface area contributed by atoms with Gasteiger partial charge >= 0.3 is 17.9 Å². The molecule has 450 valence electrons. The lowest BCUT2D eigenvalue weighted by atomic mass is 10.1. The SMILES string of the molecule is CC/C=C\C/C=C\C/C=C\C/C=C\C/C=C\C/C=C\C/C=C\C/C=C\CCCCCCCCC(=O)OCC(COC(=O)CCCCCCC/C=C\CCCC)OC(=O)CCCCCCCCCCC/C=C\CCCCCCCC. The summed E-state index contributed by atoms with van der Waals surface area (Å²) in [5.41, 5.74) is 0. The Morgan fingerprint density at radius 1 is 0.266 bits per heavy atom. The maximum absolute atomic E-state index is 12.9. The summed E-state index contributed by atoms with van der Waals surface area (Å²) in [6.07, 6.45) is 92.1. The Labute approximate surface area is 488 Å². The second kappa shape index (κ2) is 66.3. The van der Waals surface area contributed by atoms with Gasteiger partial charge in [-0.1, -0.05) is 277 Å². The van der Waals surface area contributed by atoms with Crippen molar-refractivity contribution in [2.24, 2.45) is 0 Å². The van der Waals surface area contributed by atoms with Crippen molar-refractivity contribution in [3.63, 3.8) is 0 Å². The molecular weight excluding hydrogens is 973 g/mol. The van der Waals surface area contributed by atoms with Gasteiger partial charge < -0.3 is 14.2 Å². The first kappa shape index (κ1) is 74.8. The molecule has 0 aliphatic rings. The highest BCUT2D eigenvalue weighted by Crippen LogP contribution is 2.15. The maximum Gasteiger partial charge on any atom is 0.306 e. The first-order valence-corrected chi connectivity index (χ1v) is 33.0. The molecule has 0 rings (SSSR count). The summed E-state index contributed by atoms with van der Waals surface area (Å²) >= 11 is 0. The molecule has 0 aromatic heterocycles. The second-order valence-corrected chi connectivity index (χ2v) is 21.6. The number of rotatable bonds is 59. The first-order valence-electron chi connectivity index (χ1n) is 33.0. The van der Waals surface area contributed by atoms with Crippen LogP contribution in [0.1, 0.15) is 303 Å². The highest BCUT2D eigenvalue weighted by molar-refractivity contribution is 5.71. The fraction of sp³-hybridized carbons (Fsp3) is 0.685. The van der Waals surface area contributed by atoms with Gasteiger partial charge in [-0.15, -0.1) is 0 Å². The lowest BCUT2D eigenvalue weighted by Crippen LogP contribution is -2.30. The third-order valence-corrected chi connectivity index (χ3v) is 13.9. The Hall–Kier alpha value is -4.19. The van der Waals surface area contributed by atoms with Crippen LogP contribution in [0.4, 0.5) is 0 Å². The van der Waals surface area contributed by atoms with E-state index in [-0.39, 0.29) is 31.1 Å². The van der Waals surface area contributed by atoms with E-state index in [2.05, 4.69) is 142 Å². The van der Waals surface area contributed by atoms with E-state index < -0.39 is 6.10 Å². The third kappa shape index (κ3) is 64.5. The molecule has 0 heterocycles. The molecular formula is C73H122O6. The summed E-state index contributed by atoms with van der Waals surface area (Å²) in [6, 6.07) is 0. The van der Waals surface area contributed by atoms with Crippen molar-refractivity contribution >= 4 is 17.9 Å². The fourth-order valence-electron chi connectivity index (χ4n) is 8.96. The monoisotopic (exact) mass is 1090 g/mol. The summed E-state index contributed by atoms with van der Waals surface area (Å²) in [6.45, 7) is 6.48. The van der Waals surface area contributed by atoms with Gasteiger partial charge in [0.05, 0.1) is 0 Å². The minimum absolute atomic E-state index is 0.0886. The number of hydrogen-bond acceptors (Lipinski definition) is 6. The van der Waals surface area contributed by atoms with Gasteiger partial charge in [0.15, 0.2) is 6.10 Å². The highest BCUT2D eigenvalue weighted by atomic mass is 16.6. The van der Waals surface area contributed by atoms with E-state index in [0.29, 0.717) is 19.3 Å². The van der Waals surface area contributed by atoms with E-state index in [0.717, 1.165) is 128 Å². The van der Waals surface area contributed by atoms with Crippen molar-refractivity contribution in [3.05, 3.63) is 122 Å². The van der Waals surface area contributed by atoms with Crippen LogP contribution in [0.2, 0.25) is 0 Å². The maximum atomic E-state index is 12.9. The Morgan fingerprint density at radius 3 is 0.823 bits per heavy atom.